The number of hydrogen-bond donors (Lipinski definition) is 1. The molecule has 0 spiro atoms. The Kier molecular flexibility index (Phi) is 3.29. The average Bonchev–Trinajstić information content (AvgIpc) is 2.88. The smallest absolute Gasteiger partial charge is 0.230 e. The zero-order valence-electron chi connectivity index (χ0n) is 11.0. The van der Waals surface area contributed by atoms with Crippen molar-refractivity contribution in [1.29, 1.82) is 0 Å². The van der Waals surface area contributed by atoms with E-state index in [1.54, 1.807) is 6.20 Å². The summed E-state index contributed by atoms with van der Waals surface area (Å²) in [6.07, 6.45) is 6.00. The summed E-state index contributed by atoms with van der Waals surface area (Å²) in [6, 6.07) is 4.16. The fourth-order valence-corrected chi connectivity index (χ4v) is 2.62. The van der Waals surface area contributed by atoms with Crippen LogP contribution < -0.4 is 5.73 Å². The van der Waals surface area contributed by atoms with Crippen molar-refractivity contribution in [2.45, 2.75) is 44.6 Å². The lowest BCUT2D eigenvalue weighted by atomic mass is 9.86. The molecule has 2 atom stereocenters. The molecule has 1 saturated carbocycles. The first-order valence-corrected chi connectivity index (χ1v) is 6.74. The molecule has 2 unspecified atom stereocenters. The molecule has 2 aromatic rings. The molecule has 19 heavy (non-hydrogen) atoms. The third-order valence-corrected chi connectivity index (χ3v) is 3.65. The summed E-state index contributed by atoms with van der Waals surface area (Å²) >= 11 is 0. The van der Waals surface area contributed by atoms with Crippen molar-refractivity contribution in [3.8, 4) is 11.5 Å². The molecule has 1 aliphatic rings. The topological polar surface area (TPSA) is 77.8 Å². The minimum atomic E-state index is 0.256. The molecular weight excluding hydrogens is 240 g/mol. The molecule has 5 heteroatoms. The fourth-order valence-electron chi connectivity index (χ4n) is 2.62. The van der Waals surface area contributed by atoms with Crippen LogP contribution >= 0.6 is 0 Å². The lowest BCUT2D eigenvalue weighted by molar-refractivity contribution is 0.299. The van der Waals surface area contributed by atoms with E-state index in [1.807, 2.05) is 19.1 Å². The number of rotatable bonds is 2. The molecule has 2 aromatic heterocycles. The van der Waals surface area contributed by atoms with Gasteiger partial charge >= 0.3 is 0 Å². The van der Waals surface area contributed by atoms with Crippen molar-refractivity contribution in [3.63, 3.8) is 0 Å². The van der Waals surface area contributed by atoms with Crippen LogP contribution in [0.1, 0.15) is 43.1 Å². The van der Waals surface area contributed by atoms with Crippen molar-refractivity contribution in [2.75, 3.05) is 0 Å². The minimum Gasteiger partial charge on any atom is -0.339 e. The average molecular weight is 258 g/mol. The van der Waals surface area contributed by atoms with Crippen LogP contribution in [0.4, 0.5) is 0 Å². The molecule has 2 N–H and O–H groups in total. The Labute approximate surface area is 112 Å². The van der Waals surface area contributed by atoms with Crippen molar-refractivity contribution in [2.24, 2.45) is 5.73 Å². The lowest BCUT2D eigenvalue weighted by Gasteiger charge is -2.23. The first-order chi connectivity index (χ1) is 9.22. The summed E-state index contributed by atoms with van der Waals surface area (Å²) < 4.78 is 5.39. The monoisotopic (exact) mass is 258 g/mol. The second-order valence-corrected chi connectivity index (χ2v) is 5.30. The van der Waals surface area contributed by atoms with Gasteiger partial charge in [-0.15, -0.1) is 0 Å². The van der Waals surface area contributed by atoms with Gasteiger partial charge in [0.05, 0.1) is 0 Å². The van der Waals surface area contributed by atoms with Crippen LogP contribution in [0.2, 0.25) is 0 Å². The maximum atomic E-state index is 6.00. The molecule has 100 valence electrons. The summed E-state index contributed by atoms with van der Waals surface area (Å²) in [5, 5.41) is 4.04. The number of nitrogens with two attached hydrogens (primary N) is 1. The van der Waals surface area contributed by atoms with Gasteiger partial charge in [-0.25, -0.2) is 0 Å². The molecule has 0 saturated heterocycles. The highest BCUT2D eigenvalue weighted by atomic mass is 16.5. The van der Waals surface area contributed by atoms with Gasteiger partial charge in [-0.1, -0.05) is 11.6 Å². The minimum absolute atomic E-state index is 0.256. The first-order valence-electron chi connectivity index (χ1n) is 6.74. The zero-order valence-corrected chi connectivity index (χ0v) is 11.0. The van der Waals surface area contributed by atoms with Gasteiger partial charge in [0.1, 0.15) is 5.69 Å². The van der Waals surface area contributed by atoms with Gasteiger partial charge < -0.3 is 10.3 Å². The standard InChI is InChI=1S/C14H18N4O/c1-9-5-6-16-12(7-9)13-17-14(19-18-13)10-3-2-4-11(15)8-10/h5-7,10-11H,2-4,8,15H2,1H3. The van der Waals surface area contributed by atoms with Crippen LogP contribution in [0.15, 0.2) is 22.9 Å². The lowest BCUT2D eigenvalue weighted by Crippen LogP contribution is -2.26. The number of aryl methyl sites for hydroxylation is 1. The molecule has 2 heterocycles. The molecule has 3 rings (SSSR count). The number of hydrogen-bond acceptors (Lipinski definition) is 5. The summed E-state index contributed by atoms with van der Waals surface area (Å²) in [6.45, 7) is 2.02. The van der Waals surface area contributed by atoms with Crippen LogP contribution in [0.3, 0.4) is 0 Å². The Morgan fingerprint density at radius 2 is 2.26 bits per heavy atom. The Hall–Kier alpha value is -1.75. The summed E-state index contributed by atoms with van der Waals surface area (Å²) in [4.78, 5) is 8.76. The highest BCUT2D eigenvalue weighted by Crippen LogP contribution is 2.31. The maximum Gasteiger partial charge on any atom is 0.230 e. The van der Waals surface area contributed by atoms with E-state index in [0.29, 0.717) is 17.6 Å². The Morgan fingerprint density at radius 3 is 3.05 bits per heavy atom. The van der Waals surface area contributed by atoms with Crippen LogP contribution in [0, 0.1) is 6.92 Å². The van der Waals surface area contributed by atoms with Gasteiger partial charge in [0.15, 0.2) is 0 Å². The highest BCUT2D eigenvalue weighted by molar-refractivity contribution is 5.49. The third kappa shape index (κ3) is 2.66. The van der Waals surface area contributed by atoms with Crippen molar-refractivity contribution in [1.82, 2.24) is 15.1 Å². The first kappa shape index (κ1) is 12.3. The number of nitrogens with zero attached hydrogens (tertiary/aromatic N) is 3. The van der Waals surface area contributed by atoms with E-state index in [-0.39, 0.29) is 6.04 Å². The van der Waals surface area contributed by atoms with Crippen molar-refractivity contribution >= 4 is 0 Å². The molecule has 0 aliphatic heterocycles. The summed E-state index contributed by atoms with van der Waals surface area (Å²) in [5.41, 5.74) is 7.89. The highest BCUT2D eigenvalue weighted by Gasteiger charge is 2.25. The molecule has 0 bridgehead atoms. The van der Waals surface area contributed by atoms with E-state index in [9.17, 15) is 0 Å². The quantitative estimate of drug-likeness (QED) is 0.895. The van der Waals surface area contributed by atoms with E-state index in [0.717, 1.165) is 36.9 Å². The van der Waals surface area contributed by atoms with Gasteiger partial charge in [-0.3, -0.25) is 4.98 Å². The van der Waals surface area contributed by atoms with E-state index in [4.69, 9.17) is 10.3 Å². The molecular formula is C14H18N4O. The third-order valence-electron chi connectivity index (χ3n) is 3.65. The van der Waals surface area contributed by atoms with Gasteiger partial charge in [0, 0.05) is 18.2 Å². The second-order valence-electron chi connectivity index (χ2n) is 5.30. The zero-order chi connectivity index (χ0) is 13.2. The van der Waals surface area contributed by atoms with E-state index < -0.39 is 0 Å². The Balaban J connectivity index is 1.83. The molecule has 1 aliphatic carbocycles. The predicted octanol–water partition coefficient (Wildman–Crippen LogP) is 2.42. The van der Waals surface area contributed by atoms with E-state index >= 15 is 0 Å². The summed E-state index contributed by atoms with van der Waals surface area (Å²) in [5.74, 6) is 1.57. The van der Waals surface area contributed by atoms with E-state index in [1.165, 1.54) is 0 Å². The predicted molar refractivity (Wildman–Crippen MR) is 71.5 cm³/mol. The Morgan fingerprint density at radius 1 is 1.37 bits per heavy atom. The maximum absolute atomic E-state index is 6.00. The van der Waals surface area contributed by atoms with E-state index in [2.05, 4.69) is 15.1 Å². The molecule has 5 nitrogen and oxygen atoms in total. The van der Waals surface area contributed by atoms with Crippen molar-refractivity contribution in [3.05, 3.63) is 29.8 Å². The summed E-state index contributed by atoms with van der Waals surface area (Å²) in [7, 11) is 0. The van der Waals surface area contributed by atoms with Gasteiger partial charge in [-0.2, -0.15) is 4.98 Å². The molecule has 0 radical (unpaired) electrons. The van der Waals surface area contributed by atoms with Crippen LogP contribution in [-0.4, -0.2) is 21.2 Å². The molecule has 0 amide bonds. The van der Waals surface area contributed by atoms with Gasteiger partial charge in [-0.05, 0) is 43.9 Å². The molecule has 0 aromatic carbocycles. The normalized spacial score (nSPS) is 23.5. The van der Waals surface area contributed by atoms with Gasteiger partial charge in [0.25, 0.3) is 0 Å². The van der Waals surface area contributed by atoms with Crippen molar-refractivity contribution < 1.29 is 4.52 Å². The van der Waals surface area contributed by atoms with Crippen LogP contribution in [0.5, 0.6) is 0 Å². The van der Waals surface area contributed by atoms with Crippen LogP contribution in [0.25, 0.3) is 11.5 Å². The largest absolute Gasteiger partial charge is 0.339 e. The number of aromatic nitrogens is 3. The van der Waals surface area contributed by atoms with Gasteiger partial charge in [0.2, 0.25) is 11.7 Å². The Bertz CT molecular complexity index is 566. The van der Waals surface area contributed by atoms with Crippen LogP contribution in [-0.2, 0) is 0 Å². The second kappa shape index (κ2) is 5.09. The SMILES string of the molecule is Cc1ccnc(-c2noc(C3CCCC(N)C3)n2)c1. The number of pyridine rings is 1. The fraction of sp³-hybridized carbons (Fsp3) is 0.500. The molecule has 1 fully saturated rings.